The summed E-state index contributed by atoms with van der Waals surface area (Å²) in [5.41, 5.74) is 0.482. The summed E-state index contributed by atoms with van der Waals surface area (Å²) < 4.78 is 4.76. The summed E-state index contributed by atoms with van der Waals surface area (Å²) in [6.07, 6.45) is 0.143. The van der Waals surface area contributed by atoms with Gasteiger partial charge in [-0.25, -0.2) is 0 Å². The molecule has 0 aliphatic carbocycles. The number of carbonyl (C=O) groups excluding carboxylic acids is 2. The standard InChI is InChI=1S/C13H14O5/c14-11(10-5-2-1-3-6-10)9-18-13(17)8-4-7-12(15)16/h1-3,5-6H,4,7-9H2,(H,15,16). The number of esters is 1. The van der Waals surface area contributed by atoms with Crippen molar-refractivity contribution in [2.45, 2.75) is 19.3 Å². The largest absolute Gasteiger partial charge is 0.481 e. The second kappa shape index (κ2) is 7.21. The van der Waals surface area contributed by atoms with Gasteiger partial charge in [0.25, 0.3) is 0 Å². The van der Waals surface area contributed by atoms with Gasteiger partial charge < -0.3 is 9.84 Å². The van der Waals surface area contributed by atoms with E-state index >= 15 is 0 Å². The smallest absolute Gasteiger partial charge is 0.306 e. The highest BCUT2D eigenvalue weighted by molar-refractivity contribution is 5.97. The van der Waals surface area contributed by atoms with Gasteiger partial charge in [0.1, 0.15) is 0 Å². The lowest BCUT2D eigenvalue weighted by Gasteiger charge is -2.03. The molecule has 1 aromatic rings. The van der Waals surface area contributed by atoms with Crippen molar-refractivity contribution in [2.75, 3.05) is 6.61 Å². The van der Waals surface area contributed by atoms with Crippen molar-refractivity contribution in [1.82, 2.24) is 0 Å². The molecular weight excluding hydrogens is 236 g/mol. The van der Waals surface area contributed by atoms with Crippen molar-refractivity contribution in [3.05, 3.63) is 35.9 Å². The van der Waals surface area contributed by atoms with E-state index in [4.69, 9.17) is 9.84 Å². The number of benzene rings is 1. The number of carboxylic acid groups (broad SMARTS) is 1. The Kier molecular flexibility index (Phi) is 5.57. The molecule has 5 heteroatoms. The summed E-state index contributed by atoms with van der Waals surface area (Å²) in [7, 11) is 0. The Bertz CT molecular complexity index is 424. The lowest BCUT2D eigenvalue weighted by atomic mass is 10.1. The van der Waals surface area contributed by atoms with Crippen molar-refractivity contribution >= 4 is 17.7 Å². The third kappa shape index (κ3) is 5.25. The van der Waals surface area contributed by atoms with Crippen LogP contribution in [0.3, 0.4) is 0 Å². The molecule has 0 saturated heterocycles. The topological polar surface area (TPSA) is 80.7 Å². The highest BCUT2D eigenvalue weighted by Gasteiger charge is 2.09. The molecule has 0 radical (unpaired) electrons. The predicted octanol–water partition coefficient (Wildman–Crippen LogP) is 1.67. The normalized spacial score (nSPS) is 9.78. The van der Waals surface area contributed by atoms with Gasteiger partial charge in [-0.2, -0.15) is 0 Å². The Balaban J connectivity index is 2.26. The van der Waals surface area contributed by atoms with Crippen LogP contribution >= 0.6 is 0 Å². The Morgan fingerprint density at radius 3 is 2.33 bits per heavy atom. The zero-order valence-corrected chi connectivity index (χ0v) is 9.80. The van der Waals surface area contributed by atoms with E-state index in [1.807, 2.05) is 0 Å². The van der Waals surface area contributed by atoms with Gasteiger partial charge in [-0.3, -0.25) is 14.4 Å². The molecule has 0 amide bonds. The molecular formula is C13H14O5. The van der Waals surface area contributed by atoms with Crippen molar-refractivity contribution in [1.29, 1.82) is 0 Å². The van der Waals surface area contributed by atoms with E-state index in [1.54, 1.807) is 30.3 Å². The molecule has 0 atom stereocenters. The van der Waals surface area contributed by atoms with Gasteiger partial charge in [-0.15, -0.1) is 0 Å². The fraction of sp³-hybridized carbons (Fsp3) is 0.308. The number of aliphatic carboxylic acids is 1. The minimum atomic E-state index is -0.955. The van der Waals surface area contributed by atoms with Gasteiger partial charge in [-0.1, -0.05) is 30.3 Å². The maximum atomic E-state index is 11.6. The summed E-state index contributed by atoms with van der Waals surface area (Å²) in [5, 5.41) is 8.39. The number of carbonyl (C=O) groups is 3. The van der Waals surface area contributed by atoms with Gasteiger partial charge in [0, 0.05) is 18.4 Å². The molecule has 0 aliphatic heterocycles. The molecule has 0 unspecified atom stereocenters. The van der Waals surface area contributed by atoms with Crippen molar-refractivity contribution in [3.63, 3.8) is 0 Å². The lowest BCUT2D eigenvalue weighted by molar-refractivity contribution is -0.143. The molecule has 18 heavy (non-hydrogen) atoms. The van der Waals surface area contributed by atoms with Gasteiger partial charge in [0.05, 0.1) is 0 Å². The molecule has 5 nitrogen and oxygen atoms in total. The van der Waals surface area contributed by atoms with Crippen molar-refractivity contribution in [2.24, 2.45) is 0 Å². The van der Waals surface area contributed by atoms with Crippen LogP contribution in [0.2, 0.25) is 0 Å². The summed E-state index contributed by atoms with van der Waals surface area (Å²) in [4.78, 5) is 33.0. The van der Waals surface area contributed by atoms with E-state index in [0.717, 1.165) is 0 Å². The third-order valence-electron chi connectivity index (χ3n) is 2.23. The van der Waals surface area contributed by atoms with Crippen LogP contribution in [0.15, 0.2) is 30.3 Å². The third-order valence-corrected chi connectivity index (χ3v) is 2.23. The Labute approximate surface area is 104 Å². The molecule has 0 fully saturated rings. The van der Waals surface area contributed by atoms with E-state index in [-0.39, 0.29) is 31.7 Å². The monoisotopic (exact) mass is 250 g/mol. The van der Waals surface area contributed by atoms with E-state index < -0.39 is 11.9 Å². The predicted molar refractivity (Wildman–Crippen MR) is 63.2 cm³/mol. The average Bonchev–Trinajstić information content (AvgIpc) is 2.36. The maximum absolute atomic E-state index is 11.6. The summed E-state index contributed by atoms with van der Waals surface area (Å²) in [5.74, 6) is -1.79. The van der Waals surface area contributed by atoms with Crippen LogP contribution in [-0.2, 0) is 14.3 Å². The second-order valence-corrected chi connectivity index (χ2v) is 3.70. The number of carboxylic acids is 1. The second-order valence-electron chi connectivity index (χ2n) is 3.70. The molecule has 96 valence electrons. The van der Waals surface area contributed by atoms with Crippen LogP contribution in [0.4, 0.5) is 0 Å². The summed E-state index contributed by atoms with van der Waals surface area (Å²) in [6.45, 7) is -0.310. The van der Waals surface area contributed by atoms with E-state index in [0.29, 0.717) is 5.56 Å². The van der Waals surface area contributed by atoms with Gasteiger partial charge in [0.15, 0.2) is 12.4 Å². The van der Waals surface area contributed by atoms with Crippen LogP contribution in [0.1, 0.15) is 29.6 Å². The Hall–Kier alpha value is -2.17. The molecule has 0 aliphatic rings. The molecule has 1 aromatic carbocycles. The van der Waals surface area contributed by atoms with Gasteiger partial charge in [0.2, 0.25) is 0 Å². The van der Waals surface area contributed by atoms with Crippen LogP contribution in [0.25, 0.3) is 0 Å². The Morgan fingerprint density at radius 1 is 1.06 bits per heavy atom. The van der Waals surface area contributed by atoms with Gasteiger partial charge in [-0.05, 0) is 6.42 Å². The molecule has 0 spiro atoms. The number of ether oxygens (including phenoxy) is 1. The number of hydrogen-bond donors (Lipinski definition) is 1. The maximum Gasteiger partial charge on any atom is 0.306 e. The van der Waals surface area contributed by atoms with Crippen molar-refractivity contribution in [3.8, 4) is 0 Å². The molecule has 0 heterocycles. The average molecular weight is 250 g/mol. The zero-order valence-electron chi connectivity index (χ0n) is 9.80. The molecule has 1 N–H and O–H groups in total. The van der Waals surface area contributed by atoms with E-state index in [2.05, 4.69) is 0 Å². The SMILES string of the molecule is O=C(O)CCCC(=O)OCC(=O)c1ccccc1. The molecule has 0 aromatic heterocycles. The summed E-state index contributed by atoms with van der Waals surface area (Å²) >= 11 is 0. The number of hydrogen-bond acceptors (Lipinski definition) is 4. The fourth-order valence-corrected chi connectivity index (χ4v) is 1.31. The lowest BCUT2D eigenvalue weighted by Crippen LogP contribution is -2.14. The Morgan fingerprint density at radius 2 is 1.72 bits per heavy atom. The molecule has 0 saturated carbocycles. The first kappa shape index (κ1) is 13.9. The van der Waals surface area contributed by atoms with Crippen LogP contribution in [0.5, 0.6) is 0 Å². The van der Waals surface area contributed by atoms with Gasteiger partial charge >= 0.3 is 11.9 Å². The first-order chi connectivity index (χ1) is 8.59. The molecule has 0 bridgehead atoms. The summed E-state index contributed by atoms with van der Waals surface area (Å²) in [6, 6.07) is 8.51. The van der Waals surface area contributed by atoms with Crippen molar-refractivity contribution < 1.29 is 24.2 Å². The highest BCUT2D eigenvalue weighted by atomic mass is 16.5. The minimum Gasteiger partial charge on any atom is -0.481 e. The zero-order chi connectivity index (χ0) is 13.4. The van der Waals surface area contributed by atoms with Crippen LogP contribution in [-0.4, -0.2) is 29.4 Å². The van der Waals surface area contributed by atoms with E-state index in [9.17, 15) is 14.4 Å². The number of rotatable bonds is 7. The first-order valence-electron chi connectivity index (χ1n) is 5.55. The number of Topliss-reactive ketones (excluding diaryl/α,β-unsaturated/α-hetero) is 1. The minimum absolute atomic E-state index is 0.00830. The molecule has 1 rings (SSSR count). The number of ketones is 1. The van der Waals surface area contributed by atoms with E-state index in [1.165, 1.54) is 0 Å². The van der Waals surface area contributed by atoms with Crippen LogP contribution in [0, 0.1) is 0 Å². The highest BCUT2D eigenvalue weighted by Crippen LogP contribution is 2.02. The quantitative estimate of drug-likeness (QED) is 0.588. The fourth-order valence-electron chi connectivity index (χ4n) is 1.31. The first-order valence-corrected chi connectivity index (χ1v) is 5.55. The van der Waals surface area contributed by atoms with Crippen LogP contribution < -0.4 is 0 Å².